The minimum Gasteiger partial charge on any atom is -0.402 e. The third kappa shape index (κ3) is 4.10. The molecule has 3 heteroatoms. The van der Waals surface area contributed by atoms with Gasteiger partial charge in [-0.25, -0.2) is 4.39 Å². The van der Waals surface area contributed by atoms with Crippen LogP contribution in [-0.4, -0.2) is 17.4 Å². The SMILES string of the molecule is CC1(C2=C(N)CCC(C3C=CC=CC3(C)/N=C3/C=CC(F)CC3)=C2)C=CCCC1. The van der Waals surface area contributed by atoms with E-state index in [4.69, 9.17) is 10.7 Å². The summed E-state index contributed by atoms with van der Waals surface area (Å²) in [6, 6.07) is 0. The lowest BCUT2D eigenvalue weighted by atomic mass is 9.68. The Morgan fingerprint density at radius 2 is 1.97 bits per heavy atom. The minimum absolute atomic E-state index is 0.0345. The third-order valence-electron chi connectivity index (χ3n) is 6.96. The number of alkyl halides is 1. The van der Waals surface area contributed by atoms with E-state index in [-0.39, 0.29) is 16.9 Å². The van der Waals surface area contributed by atoms with Gasteiger partial charge in [0.25, 0.3) is 0 Å². The van der Waals surface area contributed by atoms with E-state index in [0.717, 1.165) is 30.7 Å². The molecule has 29 heavy (non-hydrogen) atoms. The zero-order chi connectivity index (χ0) is 20.5. The highest BCUT2D eigenvalue weighted by Crippen LogP contribution is 2.45. The summed E-state index contributed by atoms with van der Waals surface area (Å²) in [5.74, 6) is 0.204. The van der Waals surface area contributed by atoms with Crippen LogP contribution in [0.1, 0.15) is 58.8 Å². The van der Waals surface area contributed by atoms with Crippen molar-refractivity contribution in [2.75, 3.05) is 0 Å². The highest BCUT2D eigenvalue weighted by molar-refractivity contribution is 5.96. The first kappa shape index (κ1) is 20.1. The molecule has 0 aromatic heterocycles. The zero-order valence-electron chi connectivity index (χ0n) is 17.7. The van der Waals surface area contributed by atoms with Crippen molar-refractivity contribution >= 4 is 5.71 Å². The van der Waals surface area contributed by atoms with Gasteiger partial charge in [0.2, 0.25) is 0 Å². The number of nitrogens with zero attached hydrogens (tertiary/aromatic N) is 1. The van der Waals surface area contributed by atoms with Crippen LogP contribution in [-0.2, 0) is 0 Å². The molecule has 0 saturated carbocycles. The topological polar surface area (TPSA) is 38.4 Å². The number of allylic oxidation sites excluding steroid dienone is 9. The first-order valence-electron chi connectivity index (χ1n) is 11.0. The summed E-state index contributed by atoms with van der Waals surface area (Å²) in [5.41, 5.74) is 10.9. The molecule has 154 valence electrons. The van der Waals surface area contributed by atoms with E-state index in [2.05, 4.69) is 56.4 Å². The monoisotopic (exact) mass is 392 g/mol. The molecule has 0 radical (unpaired) electrons. The van der Waals surface area contributed by atoms with Crippen molar-refractivity contribution < 1.29 is 4.39 Å². The summed E-state index contributed by atoms with van der Waals surface area (Å²) < 4.78 is 13.5. The van der Waals surface area contributed by atoms with Crippen molar-refractivity contribution in [3.63, 3.8) is 0 Å². The van der Waals surface area contributed by atoms with Crippen molar-refractivity contribution in [1.82, 2.24) is 0 Å². The summed E-state index contributed by atoms with van der Waals surface area (Å²) in [6.45, 7) is 4.52. The van der Waals surface area contributed by atoms with E-state index in [1.54, 1.807) is 6.08 Å². The Morgan fingerprint density at radius 3 is 2.69 bits per heavy atom. The molecule has 4 atom stereocenters. The molecule has 4 aliphatic carbocycles. The molecule has 2 nitrogen and oxygen atoms in total. The average Bonchev–Trinajstić information content (AvgIpc) is 2.71. The molecule has 0 aliphatic heterocycles. The van der Waals surface area contributed by atoms with E-state index >= 15 is 0 Å². The Kier molecular flexibility index (Phi) is 5.50. The van der Waals surface area contributed by atoms with Gasteiger partial charge in [0.05, 0.1) is 5.54 Å². The average molecular weight is 393 g/mol. The lowest BCUT2D eigenvalue weighted by Crippen LogP contribution is -2.35. The van der Waals surface area contributed by atoms with Gasteiger partial charge < -0.3 is 5.73 Å². The number of rotatable bonds is 3. The second-order valence-electron chi connectivity index (χ2n) is 9.33. The first-order valence-corrected chi connectivity index (χ1v) is 11.0. The van der Waals surface area contributed by atoms with Crippen LogP contribution in [0.4, 0.5) is 4.39 Å². The number of nitrogens with two attached hydrogens (primary N) is 1. The van der Waals surface area contributed by atoms with Crippen LogP contribution in [0.2, 0.25) is 0 Å². The molecular weight excluding hydrogens is 359 g/mol. The zero-order valence-corrected chi connectivity index (χ0v) is 17.7. The highest BCUT2D eigenvalue weighted by atomic mass is 19.1. The Balaban J connectivity index is 1.68. The lowest BCUT2D eigenvalue weighted by molar-refractivity contribution is 0.378. The van der Waals surface area contributed by atoms with Crippen LogP contribution in [0.15, 0.2) is 76.5 Å². The van der Waals surface area contributed by atoms with Gasteiger partial charge in [-0.05, 0) is 69.6 Å². The van der Waals surface area contributed by atoms with E-state index < -0.39 is 6.17 Å². The minimum atomic E-state index is -0.833. The molecule has 0 fully saturated rings. The fourth-order valence-corrected chi connectivity index (χ4v) is 5.19. The highest BCUT2D eigenvalue weighted by Gasteiger charge is 2.37. The predicted molar refractivity (Wildman–Crippen MR) is 121 cm³/mol. The van der Waals surface area contributed by atoms with Gasteiger partial charge in [-0.2, -0.15) is 0 Å². The van der Waals surface area contributed by atoms with Crippen LogP contribution in [0.5, 0.6) is 0 Å². The quantitative estimate of drug-likeness (QED) is 0.563. The molecule has 0 amide bonds. The molecule has 4 aliphatic rings. The van der Waals surface area contributed by atoms with Crippen molar-refractivity contribution in [1.29, 1.82) is 0 Å². The van der Waals surface area contributed by atoms with Gasteiger partial charge >= 0.3 is 0 Å². The Bertz CT molecular complexity index is 869. The summed E-state index contributed by atoms with van der Waals surface area (Å²) in [6.07, 6.45) is 25.1. The molecular formula is C26H33FN2. The van der Waals surface area contributed by atoms with E-state index in [1.807, 2.05) is 6.08 Å². The molecule has 0 saturated heterocycles. The fraction of sp³-hybridized carbons (Fsp3) is 0.500. The maximum absolute atomic E-state index is 13.5. The second kappa shape index (κ2) is 7.93. The summed E-state index contributed by atoms with van der Waals surface area (Å²) in [7, 11) is 0. The van der Waals surface area contributed by atoms with E-state index in [0.29, 0.717) is 12.8 Å². The summed E-state index contributed by atoms with van der Waals surface area (Å²) in [5, 5.41) is 0. The second-order valence-corrected chi connectivity index (χ2v) is 9.33. The number of halogens is 1. The van der Waals surface area contributed by atoms with Crippen molar-refractivity contribution in [3.05, 3.63) is 71.5 Å². The largest absolute Gasteiger partial charge is 0.402 e. The Morgan fingerprint density at radius 1 is 1.10 bits per heavy atom. The molecule has 0 aromatic rings. The maximum atomic E-state index is 13.5. The number of hydrogen-bond acceptors (Lipinski definition) is 2. The standard InChI is InChI=1S/C26H33FN2/c1-25(15-5-3-6-16-25)23-18-19(9-14-24(23)28)22-8-4-7-17-26(22,2)29-21-12-10-20(27)11-13-21/h4-5,7-8,10,12,15,17-18,20,22H,3,6,9,11,13-14,16,28H2,1-2H3/b29-21-. The van der Waals surface area contributed by atoms with Crippen molar-refractivity contribution in [2.24, 2.45) is 22.1 Å². The van der Waals surface area contributed by atoms with Crippen LogP contribution >= 0.6 is 0 Å². The summed E-state index contributed by atoms with van der Waals surface area (Å²) >= 11 is 0. The van der Waals surface area contributed by atoms with Gasteiger partial charge in [-0.15, -0.1) is 0 Å². The van der Waals surface area contributed by atoms with Gasteiger partial charge in [-0.1, -0.05) is 55.0 Å². The molecule has 4 rings (SSSR count). The third-order valence-corrected chi connectivity index (χ3v) is 6.96. The first-order chi connectivity index (χ1) is 13.9. The van der Waals surface area contributed by atoms with Gasteiger partial charge in [-0.3, -0.25) is 4.99 Å². The molecule has 0 spiro atoms. The van der Waals surface area contributed by atoms with Gasteiger partial charge in [0.1, 0.15) is 6.17 Å². The van der Waals surface area contributed by atoms with Crippen molar-refractivity contribution in [3.8, 4) is 0 Å². The number of hydrogen-bond donors (Lipinski definition) is 1. The summed E-state index contributed by atoms with van der Waals surface area (Å²) in [4.78, 5) is 5.11. The number of aliphatic imine (C=N–C) groups is 1. The Labute approximate surface area is 174 Å². The fourth-order valence-electron chi connectivity index (χ4n) is 5.19. The van der Waals surface area contributed by atoms with Gasteiger partial charge in [0.15, 0.2) is 0 Å². The maximum Gasteiger partial charge on any atom is 0.119 e. The van der Waals surface area contributed by atoms with E-state index in [1.165, 1.54) is 24.0 Å². The predicted octanol–water partition coefficient (Wildman–Crippen LogP) is 6.30. The molecule has 2 N–H and O–H groups in total. The molecule has 0 bridgehead atoms. The lowest BCUT2D eigenvalue weighted by Gasteiger charge is -2.39. The van der Waals surface area contributed by atoms with Gasteiger partial charge in [0, 0.05) is 22.7 Å². The normalized spacial score (nSPS) is 38.6. The Hall–Kier alpha value is -2.16. The van der Waals surface area contributed by atoms with Crippen LogP contribution in [0, 0.1) is 11.3 Å². The molecule has 0 aromatic carbocycles. The van der Waals surface area contributed by atoms with Crippen LogP contribution < -0.4 is 5.73 Å². The van der Waals surface area contributed by atoms with Crippen LogP contribution in [0.25, 0.3) is 0 Å². The smallest absolute Gasteiger partial charge is 0.119 e. The molecule has 4 unspecified atom stereocenters. The van der Waals surface area contributed by atoms with E-state index in [9.17, 15) is 4.39 Å². The van der Waals surface area contributed by atoms with Crippen LogP contribution in [0.3, 0.4) is 0 Å². The molecule has 0 heterocycles. The van der Waals surface area contributed by atoms with Crippen molar-refractivity contribution in [2.45, 2.75) is 70.5 Å².